The van der Waals surface area contributed by atoms with Crippen LogP contribution >= 0.6 is 15.9 Å². The number of halogens is 1. The van der Waals surface area contributed by atoms with Gasteiger partial charge in [0.25, 0.3) is 0 Å². The van der Waals surface area contributed by atoms with E-state index in [-0.39, 0.29) is 17.5 Å². The molecule has 0 saturated heterocycles. The van der Waals surface area contributed by atoms with Crippen molar-refractivity contribution in [3.8, 4) is 11.5 Å². The lowest BCUT2D eigenvalue weighted by atomic mass is 10.2. The van der Waals surface area contributed by atoms with Gasteiger partial charge in [-0.05, 0) is 25.0 Å². The van der Waals surface area contributed by atoms with Gasteiger partial charge in [-0.3, -0.25) is 4.79 Å². The van der Waals surface area contributed by atoms with Crippen molar-refractivity contribution in [2.45, 2.75) is 19.3 Å². The zero-order valence-electron chi connectivity index (χ0n) is 8.28. The lowest BCUT2D eigenvalue weighted by molar-refractivity contribution is -0.134. The second-order valence-electron chi connectivity index (χ2n) is 3.09. The molecule has 15 heavy (non-hydrogen) atoms. The number of para-hydroxylation sites is 2. The van der Waals surface area contributed by atoms with E-state index in [0.717, 1.165) is 18.2 Å². The first-order chi connectivity index (χ1) is 7.24. The van der Waals surface area contributed by atoms with E-state index < -0.39 is 0 Å². The minimum Gasteiger partial charge on any atom is -0.504 e. The summed E-state index contributed by atoms with van der Waals surface area (Å²) in [5.74, 6) is -0.0925. The molecule has 0 aliphatic heterocycles. The third kappa shape index (κ3) is 4.34. The Labute approximate surface area is 97.2 Å². The molecule has 0 aliphatic carbocycles. The Kier molecular flexibility index (Phi) is 5.18. The normalized spacial score (nSPS) is 9.93. The number of phenols is 1. The molecule has 4 heteroatoms. The molecule has 0 unspecified atom stereocenters. The van der Waals surface area contributed by atoms with Gasteiger partial charge in [0.05, 0.1) is 0 Å². The molecule has 0 radical (unpaired) electrons. The van der Waals surface area contributed by atoms with E-state index >= 15 is 0 Å². The largest absolute Gasteiger partial charge is 0.504 e. The summed E-state index contributed by atoms with van der Waals surface area (Å²) in [5, 5.41) is 10.2. The highest BCUT2D eigenvalue weighted by molar-refractivity contribution is 9.09. The third-order valence-electron chi connectivity index (χ3n) is 1.85. The van der Waals surface area contributed by atoms with Crippen molar-refractivity contribution >= 4 is 21.9 Å². The van der Waals surface area contributed by atoms with Crippen LogP contribution in [0.5, 0.6) is 11.5 Å². The zero-order valence-corrected chi connectivity index (χ0v) is 9.87. The van der Waals surface area contributed by atoms with Crippen LogP contribution in [0.25, 0.3) is 0 Å². The number of unbranched alkanes of at least 4 members (excludes halogenated alkanes) is 1. The molecular weight excluding hydrogens is 260 g/mol. The lowest BCUT2D eigenvalue weighted by Gasteiger charge is -2.05. The number of carbonyl (C=O) groups excluding carboxylic acids is 1. The molecule has 0 bridgehead atoms. The molecule has 0 heterocycles. The summed E-state index contributed by atoms with van der Waals surface area (Å²) in [5.41, 5.74) is 0. The predicted octanol–water partition coefficient (Wildman–Crippen LogP) is 2.86. The first kappa shape index (κ1) is 12.0. The van der Waals surface area contributed by atoms with Crippen LogP contribution in [0.2, 0.25) is 0 Å². The summed E-state index contributed by atoms with van der Waals surface area (Å²) in [6.45, 7) is 0. The lowest BCUT2D eigenvalue weighted by Crippen LogP contribution is -2.07. The van der Waals surface area contributed by atoms with Gasteiger partial charge < -0.3 is 9.84 Å². The quantitative estimate of drug-likeness (QED) is 0.388. The molecule has 1 N–H and O–H groups in total. The second-order valence-corrected chi connectivity index (χ2v) is 3.88. The molecule has 0 aliphatic rings. The van der Waals surface area contributed by atoms with Crippen molar-refractivity contribution in [1.82, 2.24) is 0 Å². The monoisotopic (exact) mass is 272 g/mol. The van der Waals surface area contributed by atoms with E-state index in [1.54, 1.807) is 18.2 Å². The molecule has 0 amide bonds. The van der Waals surface area contributed by atoms with Gasteiger partial charge in [-0.2, -0.15) is 0 Å². The van der Waals surface area contributed by atoms with Crippen LogP contribution in [0.15, 0.2) is 24.3 Å². The Balaban J connectivity index is 2.41. The number of hydrogen-bond acceptors (Lipinski definition) is 3. The number of ether oxygens (including phenoxy) is 1. The van der Waals surface area contributed by atoms with Crippen molar-refractivity contribution in [1.29, 1.82) is 0 Å². The summed E-state index contributed by atoms with van der Waals surface area (Å²) < 4.78 is 4.99. The molecule has 0 fully saturated rings. The van der Waals surface area contributed by atoms with Gasteiger partial charge >= 0.3 is 5.97 Å². The van der Waals surface area contributed by atoms with Crippen LogP contribution in [-0.4, -0.2) is 16.4 Å². The second kappa shape index (κ2) is 6.45. The van der Waals surface area contributed by atoms with Crippen molar-refractivity contribution < 1.29 is 14.6 Å². The minimum absolute atomic E-state index is 0.00802. The number of benzene rings is 1. The summed E-state index contributed by atoms with van der Waals surface area (Å²) in [7, 11) is 0. The first-order valence-corrected chi connectivity index (χ1v) is 5.91. The maximum absolute atomic E-state index is 11.3. The van der Waals surface area contributed by atoms with Gasteiger partial charge in [0.2, 0.25) is 0 Å². The van der Waals surface area contributed by atoms with Gasteiger partial charge in [-0.1, -0.05) is 28.1 Å². The topological polar surface area (TPSA) is 46.5 Å². The molecule has 3 nitrogen and oxygen atoms in total. The third-order valence-corrected chi connectivity index (χ3v) is 2.41. The molecular formula is C11H13BrO3. The number of phenolic OH excluding ortho intramolecular Hbond substituents is 1. The summed E-state index contributed by atoms with van der Waals surface area (Å²) in [6, 6.07) is 6.44. The van der Waals surface area contributed by atoms with E-state index in [9.17, 15) is 9.90 Å². The van der Waals surface area contributed by atoms with Gasteiger partial charge in [-0.15, -0.1) is 0 Å². The average Bonchev–Trinajstić information content (AvgIpc) is 2.22. The highest BCUT2D eigenvalue weighted by Crippen LogP contribution is 2.24. The maximum atomic E-state index is 11.3. The van der Waals surface area contributed by atoms with E-state index in [1.807, 2.05) is 0 Å². The van der Waals surface area contributed by atoms with Gasteiger partial charge in [0.1, 0.15) is 0 Å². The fourth-order valence-corrected chi connectivity index (χ4v) is 1.48. The minimum atomic E-state index is -0.308. The highest BCUT2D eigenvalue weighted by atomic mass is 79.9. The number of rotatable bonds is 5. The standard InChI is InChI=1S/C11H13BrO3/c12-8-4-3-7-11(14)15-10-6-2-1-5-9(10)13/h1-2,5-6,13H,3-4,7-8H2. The first-order valence-electron chi connectivity index (χ1n) is 4.78. The Morgan fingerprint density at radius 2 is 2.07 bits per heavy atom. The number of esters is 1. The molecule has 1 aromatic carbocycles. The van der Waals surface area contributed by atoms with Gasteiger partial charge in [0, 0.05) is 11.8 Å². The van der Waals surface area contributed by atoms with Crippen molar-refractivity contribution in [3.05, 3.63) is 24.3 Å². The van der Waals surface area contributed by atoms with E-state index in [4.69, 9.17) is 4.74 Å². The number of alkyl halides is 1. The van der Waals surface area contributed by atoms with Crippen LogP contribution in [0.4, 0.5) is 0 Å². The molecule has 0 aromatic heterocycles. The van der Waals surface area contributed by atoms with Crippen LogP contribution in [0.3, 0.4) is 0 Å². The van der Waals surface area contributed by atoms with Crippen LogP contribution < -0.4 is 4.74 Å². The van der Waals surface area contributed by atoms with E-state index in [1.165, 1.54) is 6.07 Å². The van der Waals surface area contributed by atoms with Crippen LogP contribution in [0.1, 0.15) is 19.3 Å². The van der Waals surface area contributed by atoms with Crippen LogP contribution in [0, 0.1) is 0 Å². The van der Waals surface area contributed by atoms with Crippen LogP contribution in [-0.2, 0) is 4.79 Å². The highest BCUT2D eigenvalue weighted by Gasteiger charge is 2.07. The molecule has 82 valence electrons. The number of hydrogen-bond donors (Lipinski definition) is 1. The molecule has 0 spiro atoms. The molecule has 0 atom stereocenters. The Morgan fingerprint density at radius 1 is 1.33 bits per heavy atom. The Morgan fingerprint density at radius 3 is 2.73 bits per heavy atom. The predicted molar refractivity (Wildman–Crippen MR) is 61.4 cm³/mol. The Hall–Kier alpha value is -1.03. The summed E-state index contributed by atoms with van der Waals surface area (Å²) in [6.07, 6.45) is 2.10. The molecule has 1 rings (SSSR count). The number of carbonyl (C=O) groups is 1. The van der Waals surface area contributed by atoms with Gasteiger partial charge in [0.15, 0.2) is 11.5 Å². The molecule has 1 aromatic rings. The molecule has 0 saturated carbocycles. The van der Waals surface area contributed by atoms with Gasteiger partial charge in [-0.25, -0.2) is 0 Å². The van der Waals surface area contributed by atoms with Crippen molar-refractivity contribution in [3.63, 3.8) is 0 Å². The maximum Gasteiger partial charge on any atom is 0.311 e. The van der Waals surface area contributed by atoms with Crippen molar-refractivity contribution in [2.24, 2.45) is 0 Å². The fourth-order valence-electron chi connectivity index (χ4n) is 1.08. The zero-order chi connectivity index (χ0) is 11.1. The summed E-state index contributed by atoms with van der Waals surface area (Å²) >= 11 is 3.29. The number of aromatic hydroxyl groups is 1. The average molecular weight is 273 g/mol. The van der Waals surface area contributed by atoms with E-state index in [2.05, 4.69) is 15.9 Å². The van der Waals surface area contributed by atoms with E-state index in [0.29, 0.717) is 6.42 Å². The fraction of sp³-hybridized carbons (Fsp3) is 0.364. The smallest absolute Gasteiger partial charge is 0.311 e. The SMILES string of the molecule is O=C(CCCCBr)Oc1ccccc1O. The Bertz CT molecular complexity index is 325. The summed E-state index contributed by atoms with van der Waals surface area (Å²) in [4.78, 5) is 11.3. The van der Waals surface area contributed by atoms with Crippen molar-refractivity contribution in [2.75, 3.05) is 5.33 Å².